The molecule has 17 heavy (non-hydrogen) atoms. The molecule has 1 aromatic rings. The van der Waals surface area contributed by atoms with E-state index in [1.807, 2.05) is 19.4 Å². The third-order valence-corrected chi connectivity index (χ3v) is 3.64. The molecule has 3 N–H and O–H groups in total. The van der Waals surface area contributed by atoms with Gasteiger partial charge in [-0.1, -0.05) is 6.92 Å². The standard InChI is InChI=1S/C12H21N3OS/c1-9(12(16)14-2)7-15(3)11(6-13)10-4-5-17-8-10/h4-5,8-9,11H,6-7,13H2,1-3H3,(H,14,16). The molecule has 0 aromatic carbocycles. The van der Waals surface area contributed by atoms with Crippen LogP contribution < -0.4 is 11.1 Å². The van der Waals surface area contributed by atoms with Gasteiger partial charge in [0.1, 0.15) is 0 Å². The maximum Gasteiger partial charge on any atom is 0.223 e. The number of thiophene rings is 1. The van der Waals surface area contributed by atoms with Gasteiger partial charge in [-0.3, -0.25) is 9.69 Å². The van der Waals surface area contributed by atoms with Crippen molar-refractivity contribution in [2.24, 2.45) is 11.7 Å². The van der Waals surface area contributed by atoms with Gasteiger partial charge in [0.05, 0.1) is 0 Å². The maximum absolute atomic E-state index is 11.5. The number of nitrogens with one attached hydrogen (secondary N) is 1. The zero-order chi connectivity index (χ0) is 12.8. The molecule has 0 bridgehead atoms. The van der Waals surface area contributed by atoms with Crippen LogP contribution in [0.5, 0.6) is 0 Å². The summed E-state index contributed by atoms with van der Waals surface area (Å²) in [6, 6.07) is 2.27. The number of rotatable bonds is 6. The number of hydrogen-bond acceptors (Lipinski definition) is 4. The monoisotopic (exact) mass is 255 g/mol. The minimum Gasteiger partial charge on any atom is -0.359 e. The van der Waals surface area contributed by atoms with Crippen molar-refractivity contribution in [3.05, 3.63) is 22.4 Å². The predicted octanol–water partition coefficient (Wildman–Crippen LogP) is 1.06. The summed E-state index contributed by atoms with van der Waals surface area (Å²) < 4.78 is 0. The molecule has 0 aliphatic carbocycles. The fourth-order valence-corrected chi connectivity index (χ4v) is 2.63. The molecular weight excluding hydrogens is 234 g/mol. The second-order valence-electron chi connectivity index (χ2n) is 4.26. The lowest BCUT2D eigenvalue weighted by molar-refractivity contribution is -0.124. The van der Waals surface area contributed by atoms with E-state index < -0.39 is 0 Å². The first-order valence-corrected chi connectivity index (χ1v) is 6.68. The van der Waals surface area contributed by atoms with E-state index in [1.54, 1.807) is 18.4 Å². The first kappa shape index (κ1) is 14.2. The smallest absolute Gasteiger partial charge is 0.223 e. The molecule has 0 spiro atoms. The van der Waals surface area contributed by atoms with Gasteiger partial charge in [0, 0.05) is 32.1 Å². The SMILES string of the molecule is CNC(=O)C(C)CN(C)C(CN)c1ccsc1. The first-order valence-electron chi connectivity index (χ1n) is 5.74. The lowest BCUT2D eigenvalue weighted by Crippen LogP contribution is -2.38. The van der Waals surface area contributed by atoms with Crippen LogP contribution in [0, 0.1) is 5.92 Å². The molecule has 5 heteroatoms. The van der Waals surface area contributed by atoms with Gasteiger partial charge in [-0.2, -0.15) is 11.3 Å². The van der Waals surface area contributed by atoms with Crippen molar-refractivity contribution in [2.45, 2.75) is 13.0 Å². The number of carbonyl (C=O) groups is 1. The van der Waals surface area contributed by atoms with Gasteiger partial charge in [-0.25, -0.2) is 0 Å². The molecule has 1 amide bonds. The summed E-state index contributed by atoms with van der Waals surface area (Å²) in [6.45, 7) is 3.20. The molecule has 0 fully saturated rings. The number of carbonyl (C=O) groups excluding carboxylic acids is 1. The molecule has 2 unspecified atom stereocenters. The first-order chi connectivity index (χ1) is 8.10. The van der Waals surface area contributed by atoms with Crippen LogP contribution in [0.1, 0.15) is 18.5 Å². The maximum atomic E-state index is 11.5. The third-order valence-electron chi connectivity index (χ3n) is 2.94. The molecule has 0 saturated heterocycles. The van der Waals surface area contributed by atoms with Crippen molar-refractivity contribution in [1.82, 2.24) is 10.2 Å². The van der Waals surface area contributed by atoms with Crippen LogP contribution in [0.3, 0.4) is 0 Å². The Hall–Kier alpha value is -0.910. The Morgan fingerprint density at radius 3 is 2.82 bits per heavy atom. The van der Waals surface area contributed by atoms with Crippen molar-refractivity contribution < 1.29 is 4.79 Å². The zero-order valence-corrected chi connectivity index (χ0v) is 11.5. The van der Waals surface area contributed by atoms with Crippen molar-refractivity contribution in [3.8, 4) is 0 Å². The summed E-state index contributed by atoms with van der Waals surface area (Å²) in [5.74, 6) is 0.0376. The Morgan fingerprint density at radius 1 is 1.65 bits per heavy atom. The molecule has 0 saturated carbocycles. The van der Waals surface area contributed by atoms with Crippen LogP contribution in [-0.2, 0) is 4.79 Å². The van der Waals surface area contributed by atoms with Gasteiger partial charge < -0.3 is 11.1 Å². The Kier molecular flexibility index (Phi) is 5.61. The zero-order valence-electron chi connectivity index (χ0n) is 10.6. The predicted molar refractivity (Wildman–Crippen MR) is 72.0 cm³/mol. The van der Waals surface area contributed by atoms with Crippen LogP contribution in [-0.4, -0.2) is 38.0 Å². The lowest BCUT2D eigenvalue weighted by Gasteiger charge is -2.28. The molecule has 4 nitrogen and oxygen atoms in total. The summed E-state index contributed by atoms with van der Waals surface area (Å²) in [5, 5.41) is 6.83. The molecule has 0 radical (unpaired) electrons. The fourth-order valence-electron chi connectivity index (χ4n) is 1.92. The highest BCUT2D eigenvalue weighted by Crippen LogP contribution is 2.21. The summed E-state index contributed by atoms with van der Waals surface area (Å²) in [5.41, 5.74) is 7.04. The molecule has 1 heterocycles. The van der Waals surface area contributed by atoms with E-state index in [2.05, 4.69) is 21.7 Å². The fraction of sp³-hybridized carbons (Fsp3) is 0.583. The number of amides is 1. The topological polar surface area (TPSA) is 58.4 Å². The van der Waals surface area contributed by atoms with Crippen LogP contribution >= 0.6 is 11.3 Å². The summed E-state index contributed by atoms with van der Waals surface area (Å²) in [6.07, 6.45) is 0. The van der Waals surface area contributed by atoms with Gasteiger partial charge in [0.15, 0.2) is 0 Å². The van der Waals surface area contributed by atoms with Crippen molar-refractivity contribution in [2.75, 3.05) is 27.2 Å². The van der Waals surface area contributed by atoms with Crippen LogP contribution in [0.4, 0.5) is 0 Å². The molecule has 1 aromatic heterocycles. The van der Waals surface area contributed by atoms with E-state index in [-0.39, 0.29) is 17.9 Å². The van der Waals surface area contributed by atoms with Gasteiger partial charge in [-0.15, -0.1) is 0 Å². The van der Waals surface area contributed by atoms with Crippen LogP contribution in [0.2, 0.25) is 0 Å². The molecule has 1 rings (SSSR count). The molecule has 2 atom stereocenters. The van der Waals surface area contributed by atoms with E-state index in [9.17, 15) is 4.79 Å². The third kappa shape index (κ3) is 3.80. The Morgan fingerprint density at radius 2 is 2.35 bits per heavy atom. The van der Waals surface area contributed by atoms with Crippen LogP contribution in [0.25, 0.3) is 0 Å². The average Bonchev–Trinajstić information content (AvgIpc) is 2.82. The van der Waals surface area contributed by atoms with Crippen LogP contribution in [0.15, 0.2) is 16.8 Å². The van der Waals surface area contributed by atoms with E-state index >= 15 is 0 Å². The summed E-state index contributed by atoms with van der Waals surface area (Å²) >= 11 is 1.67. The number of nitrogens with zero attached hydrogens (tertiary/aromatic N) is 1. The van der Waals surface area contributed by atoms with Crippen molar-refractivity contribution in [3.63, 3.8) is 0 Å². The highest BCUT2D eigenvalue weighted by molar-refractivity contribution is 7.07. The van der Waals surface area contributed by atoms with Crippen molar-refractivity contribution >= 4 is 17.2 Å². The summed E-state index contributed by atoms with van der Waals surface area (Å²) in [4.78, 5) is 13.6. The Balaban J connectivity index is 2.61. The highest BCUT2D eigenvalue weighted by Gasteiger charge is 2.20. The largest absolute Gasteiger partial charge is 0.359 e. The average molecular weight is 255 g/mol. The minimum atomic E-state index is -0.0299. The molecule has 0 aliphatic rings. The molecule has 0 aliphatic heterocycles. The highest BCUT2D eigenvalue weighted by atomic mass is 32.1. The van der Waals surface area contributed by atoms with E-state index in [0.717, 1.165) is 0 Å². The normalized spacial score (nSPS) is 14.6. The number of nitrogens with two attached hydrogens (primary N) is 1. The van der Waals surface area contributed by atoms with Gasteiger partial charge >= 0.3 is 0 Å². The second-order valence-corrected chi connectivity index (χ2v) is 5.04. The van der Waals surface area contributed by atoms with Gasteiger partial charge in [0.25, 0.3) is 0 Å². The van der Waals surface area contributed by atoms with Gasteiger partial charge in [0.2, 0.25) is 5.91 Å². The second kappa shape index (κ2) is 6.74. The lowest BCUT2D eigenvalue weighted by atomic mass is 10.1. The molecule has 96 valence electrons. The minimum absolute atomic E-state index is 0.0299. The number of hydrogen-bond donors (Lipinski definition) is 2. The van der Waals surface area contributed by atoms with E-state index in [0.29, 0.717) is 13.1 Å². The van der Waals surface area contributed by atoms with E-state index in [1.165, 1.54) is 5.56 Å². The number of likely N-dealkylation sites (N-methyl/N-ethyl adjacent to an activating group) is 1. The van der Waals surface area contributed by atoms with E-state index in [4.69, 9.17) is 5.73 Å². The molecular formula is C12H21N3OS. The Bertz CT molecular complexity index is 340. The van der Waals surface area contributed by atoms with Crippen molar-refractivity contribution in [1.29, 1.82) is 0 Å². The Labute approximate surface area is 107 Å². The quantitative estimate of drug-likeness (QED) is 0.799. The van der Waals surface area contributed by atoms with Gasteiger partial charge in [-0.05, 0) is 29.4 Å². The summed E-state index contributed by atoms with van der Waals surface area (Å²) in [7, 11) is 3.67.